The molecule has 8 heteroatoms. The lowest BCUT2D eigenvalue weighted by Gasteiger charge is -2.14. The van der Waals surface area contributed by atoms with Crippen LogP contribution in [-0.2, 0) is 17.8 Å². The maximum Gasteiger partial charge on any atom is 0.368 e. The molecule has 2 aromatic heterocycles. The van der Waals surface area contributed by atoms with Gasteiger partial charge in [-0.25, -0.2) is 4.79 Å². The summed E-state index contributed by atoms with van der Waals surface area (Å²) in [6, 6.07) is 10.9. The van der Waals surface area contributed by atoms with Gasteiger partial charge in [0.05, 0.1) is 11.8 Å². The first-order valence-electron chi connectivity index (χ1n) is 9.44. The molecule has 1 unspecified atom stereocenters. The molecule has 1 aliphatic rings. The molecule has 1 fully saturated rings. The summed E-state index contributed by atoms with van der Waals surface area (Å²) in [5.41, 5.74) is 2.68. The molecule has 3 heterocycles. The van der Waals surface area contributed by atoms with Crippen LogP contribution < -0.4 is 5.69 Å². The minimum absolute atomic E-state index is 0.143. The van der Waals surface area contributed by atoms with Gasteiger partial charge in [0.1, 0.15) is 6.54 Å². The topological polar surface area (TPSA) is 83.9 Å². The minimum atomic E-state index is -0.437. The van der Waals surface area contributed by atoms with Crippen LogP contribution in [0.1, 0.15) is 34.6 Å². The predicted molar refractivity (Wildman–Crippen MR) is 103 cm³/mol. The number of aromatic nitrogens is 5. The second kappa shape index (κ2) is 7.55. The quantitative estimate of drug-likeness (QED) is 0.609. The van der Waals surface area contributed by atoms with Crippen LogP contribution in [-0.4, -0.2) is 42.9 Å². The molecule has 1 saturated heterocycles. The fraction of sp³-hybridized carbons (Fsp3) is 0.400. The standard InChI is InChI=1S/C20H23N5O3/c1-14-11-18(15(2)23(14)12-17-9-6-10-28-17)19(26)13-24-20(27)25(22-21-24)16-7-4-3-5-8-16/h3-5,7-8,11,17H,6,9-10,12-13H2,1-2H3. The summed E-state index contributed by atoms with van der Waals surface area (Å²) in [5.74, 6) is -0.158. The molecular weight excluding hydrogens is 358 g/mol. The Hall–Kier alpha value is -3.00. The summed E-state index contributed by atoms with van der Waals surface area (Å²) < 4.78 is 10.1. The van der Waals surface area contributed by atoms with Gasteiger partial charge in [0.15, 0.2) is 5.78 Å². The van der Waals surface area contributed by atoms with Crippen LogP contribution in [0.3, 0.4) is 0 Å². The van der Waals surface area contributed by atoms with Crippen molar-refractivity contribution < 1.29 is 9.53 Å². The summed E-state index contributed by atoms with van der Waals surface area (Å²) in [6.45, 7) is 5.32. The van der Waals surface area contributed by atoms with E-state index in [2.05, 4.69) is 15.0 Å². The minimum Gasteiger partial charge on any atom is -0.376 e. The Bertz CT molecular complexity index is 1040. The van der Waals surface area contributed by atoms with E-state index in [1.165, 1.54) is 4.68 Å². The fourth-order valence-corrected chi connectivity index (χ4v) is 3.68. The summed E-state index contributed by atoms with van der Waals surface area (Å²) >= 11 is 0. The van der Waals surface area contributed by atoms with Crippen molar-refractivity contribution in [2.24, 2.45) is 0 Å². The van der Waals surface area contributed by atoms with Gasteiger partial charge in [0.2, 0.25) is 0 Å². The van der Waals surface area contributed by atoms with Crippen LogP contribution in [0.4, 0.5) is 0 Å². The number of carbonyl (C=O) groups is 1. The second-order valence-electron chi connectivity index (χ2n) is 7.12. The Labute approximate surface area is 162 Å². The molecular formula is C20H23N5O3. The van der Waals surface area contributed by atoms with Gasteiger partial charge >= 0.3 is 5.69 Å². The summed E-state index contributed by atoms with van der Waals surface area (Å²) in [7, 11) is 0. The predicted octanol–water partition coefficient (Wildman–Crippen LogP) is 1.91. The van der Waals surface area contributed by atoms with Gasteiger partial charge in [0.25, 0.3) is 0 Å². The number of tetrazole rings is 1. The zero-order valence-corrected chi connectivity index (χ0v) is 16.0. The van der Waals surface area contributed by atoms with Gasteiger partial charge in [0, 0.05) is 30.1 Å². The highest BCUT2D eigenvalue weighted by molar-refractivity contribution is 5.97. The van der Waals surface area contributed by atoms with Crippen molar-refractivity contribution in [1.29, 1.82) is 0 Å². The summed E-state index contributed by atoms with van der Waals surface area (Å²) in [4.78, 5) is 25.4. The van der Waals surface area contributed by atoms with E-state index in [1.54, 1.807) is 12.1 Å². The first kappa shape index (κ1) is 18.4. The molecule has 8 nitrogen and oxygen atoms in total. The van der Waals surface area contributed by atoms with Gasteiger partial charge in [-0.2, -0.15) is 9.36 Å². The highest BCUT2D eigenvalue weighted by Gasteiger charge is 2.22. The van der Waals surface area contributed by atoms with Crippen molar-refractivity contribution in [2.45, 2.75) is 45.9 Å². The average Bonchev–Trinajstić information content (AvgIpc) is 3.40. The molecule has 28 heavy (non-hydrogen) atoms. The Kier molecular flexibility index (Phi) is 4.95. The Morgan fingerprint density at radius 3 is 2.71 bits per heavy atom. The maximum atomic E-state index is 12.9. The van der Waals surface area contributed by atoms with Gasteiger partial charge in [-0.3, -0.25) is 4.79 Å². The van der Waals surface area contributed by atoms with Crippen molar-refractivity contribution in [3.05, 3.63) is 63.8 Å². The van der Waals surface area contributed by atoms with Gasteiger partial charge in [-0.15, -0.1) is 0 Å². The van der Waals surface area contributed by atoms with Crippen LogP contribution in [0.15, 0.2) is 41.2 Å². The number of ketones is 1. The molecule has 1 aliphatic heterocycles. The molecule has 0 spiro atoms. The molecule has 1 aromatic carbocycles. The molecule has 0 amide bonds. The first-order valence-corrected chi connectivity index (χ1v) is 9.44. The van der Waals surface area contributed by atoms with Crippen LogP contribution in [0, 0.1) is 13.8 Å². The number of aryl methyl sites for hydroxylation is 1. The zero-order valence-electron chi connectivity index (χ0n) is 16.0. The van der Waals surface area contributed by atoms with Crippen molar-refractivity contribution in [3.8, 4) is 5.69 Å². The molecule has 0 aliphatic carbocycles. The monoisotopic (exact) mass is 381 g/mol. The number of rotatable bonds is 6. The highest BCUT2D eigenvalue weighted by atomic mass is 16.5. The Morgan fingerprint density at radius 2 is 2.00 bits per heavy atom. The lowest BCUT2D eigenvalue weighted by atomic mass is 10.1. The Balaban J connectivity index is 1.55. The van der Waals surface area contributed by atoms with E-state index in [1.807, 2.05) is 38.1 Å². The number of nitrogens with zero attached hydrogens (tertiary/aromatic N) is 5. The van der Waals surface area contributed by atoms with Crippen molar-refractivity contribution in [2.75, 3.05) is 6.61 Å². The molecule has 0 saturated carbocycles. The number of benzene rings is 1. The third kappa shape index (κ3) is 3.43. The number of hydrogen-bond donors (Lipinski definition) is 0. The van der Waals surface area contributed by atoms with Gasteiger partial charge in [-0.1, -0.05) is 18.2 Å². The molecule has 1 atom stereocenters. The van der Waals surface area contributed by atoms with E-state index in [0.717, 1.165) is 42.1 Å². The number of para-hydroxylation sites is 1. The van der Waals surface area contributed by atoms with Crippen LogP contribution in [0.2, 0.25) is 0 Å². The summed E-state index contributed by atoms with van der Waals surface area (Å²) in [6.07, 6.45) is 2.31. The average molecular weight is 381 g/mol. The van der Waals surface area contributed by atoms with Crippen molar-refractivity contribution >= 4 is 5.78 Å². The largest absolute Gasteiger partial charge is 0.376 e. The van der Waals surface area contributed by atoms with E-state index < -0.39 is 5.69 Å². The first-order chi connectivity index (χ1) is 13.5. The van der Waals surface area contributed by atoms with E-state index in [9.17, 15) is 9.59 Å². The van der Waals surface area contributed by atoms with Gasteiger partial charge in [-0.05, 0) is 55.3 Å². The summed E-state index contributed by atoms with van der Waals surface area (Å²) in [5, 5.41) is 7.76. The third-order valence-electron chi connectivity index (χ3n) is 5.22. The molecule has 0 radical (unpaired) electrons. The maximum absolute atomic E-state index is 12.9. The molecule has 146 valence electrons. The molecule has 0 bridgehead atoms. The van der Waals surface area contributed by atoms with Crippen LogP contribution >= 0.6 is 0 Å². The lowest BCUT2D eigenvalue weighted by molar-refractivity contribution is 0.0945. The van der Waals surface area contributed by atoms with Gasteiger partial charge < -0.3 is 9.30 Å². The normalized spacial score (nSPS) is 16.6. The van der Waals surface area contributed by atoms with Crippen molar-refractivity contribution in [3.63, 3.8) is 0 Å². The number of hydrogen-bond acceptors (Lipinski definition) is 5. The van der Waals surface area contributed by atoms with E-state index >= 15 is 0 Å². The zero-order chi connectivity index (χ0) is 19.7. The van der Waals surface area contributed by atoms with E-state index in [0.29, 0.717) is 11.3 Å². The molecule has 0 N–H and O–H groups in total. The number of Topliss-reactive ketones (excluding diaryl/α,β-unsaturated/α-hetero) is 1. The van der Waals surface area contributed by atoms with E-state index in [4.69, 9.17) is 4.74 Å². The number of carbonyl (C=O) groups excluding carboxylic acids is 1. The van der Waals surface area contributed by atoms with E-state index in [-0.39, 0.29) is 18.4 Å². The Morgan fingerprint density at radius 1 is 1.21 bits per heavy atom. The molecule has 3 aromatic rings. The van der Waals surface area contributed by atoms with Crippen LogP contribution in [0.25, 0.3) is 5.69 Å². The van der Waals surface area contributed by atoms with Crippen LogP contribution in [0.5, 0.6) is 0 Å². The van der Waals surface area contributed by atoms with Crippen molar-refractivity contribution in [1.82, 2.24) is 24.4 Å². The highest BCUT2D eigenvalue weighted by Crippen LogP contribution is 2.21. The fourth-order valence-electron chi connectivity index (χ4n) is 3.68. The lowest BCUT2D eigenvalue weighted by Crippen LogP contribution is -2.27. The third-order valence-corrected chi connectivity index (χ3v) is 5.22. The smallest absolute Gasteiger partial charge is 0.368 e. The molecule has 4 rings (SSSR count). The second-order valence-corrected chi connectivity index (χ2v) is 7.12. The SMILES string of the molecule is Cc1cc(C(=O)Cn2nnn(-c3ccccc3)c2=O)c(C)n1CC1CCCO1. The number of ether oxygens (including phenoxy) is 1.